The van der Waals surface area contributed by atoms with E-state index in [1.807, 2.05) is 45.5 Å². The number of nitro benzene ring substituents is 1. The lowest BCUT2D eigenvalue weighted by atomic mass is 9.80. The lowest BCUT2D eigenvalue weighted by Gasteiger charge is -2.46. The van der Waals surface area contributed by atoms with Gasteiger partial charge in [0.05, 0.1) is 16.9 Å². The smallest absolute Gasteiger partial charge is 0.269 e. The van der Waals surface area contributed by atoms with Crippen LogP contribution in [0.3, 0.4) is 0 Å². The molecule has 8 nitrogen and oxygen atoms in total. The van der Waals surface area contributed by atoms with Crippen molar-refractivity contribution < 1.29 is 14.5 Å². The van der Waals surface area contributed by atoms with Crippen LogP contribution in [0.15, 0.2) is 66.0 Å². The number of piperazine rings is 1. The van der Waals surface area contributed by atoms with Gasteiger partial charge in [0.25, 0.3) is 11.6 Å². The maximum absolute atomic E-state index is 14.4. The summed E-state index contributed by atoms with van der Waals surface area (Å²) in [7, 11) is 0. The van der Waals surface area contributed by atoms with Gasteiger partial charge >= 0.3 is 0 Å². The summed E-state index contributed by atoms with van der Waals surface area (Å²) in [6.45, 7) is 2.41. The van der Waals surface area contributed by atoms with Crippen LogP contribution < -0.4 is 4.90 Å². The Hall–Kier alpha value is -3.72. The number of fused-ring (bicyclic) bond motifs is 1. The molecule has 1 saturated heterocycles. The van der Waals surface area contributed by atoms with Crippen molar-refractivity contribution in [3.05, 3.63) is 92.2 Å². The first-order valence-electron chi connectivity index (χ1n) is 13.3. The summed E-state index contributed by atoms with van der Waals surface area (Å²) in [5.41, 5.74) is 2.46. The second kappa shape index (κ2) is 10.2. The molecule has 0 N–H and O–H groups in total. The van der Waals surface area contributed by atoms with Gasteiger partial charge in [-0.2, -0.15) is 0 Å². The monoisotopic (exact) mass is 530 g/mol. The lowest BCUT2D eigenvalue weighted by molar-refractivity contribution is -0.384. The molecule has 196 valence electrons. The molecule has 1 saturated carbocycles. The molecule has 3 aliphatic rings. The number of carbonyl (C=O) groups is 2. The number of amides is 2. The van der Waals surface area contributed by atoms with Crippen LogP contribution in [0.25, 0.3) is 0 Å². The van der Waals surface area contributed by atoms with Gasteiger partial charge in [0, 0.05) is 60.5 Å². The average Bonchev–Trinajstić information content (AvgIpc) is 3.68. The Labute approximate surface area is 225 Å². The number of non-ortho nitro benzene ring substituents is 1. The molecule has 1 aromatic heterocycles. The molecular formula is C29H30N4O4S. The molecule has 6 rings (SSSR count). The quantitative estimate of drug-likeness (QED) is 0.333. The fourth-order valence-electron chi connectivity index (χ4n) is 6.33. The third-order valence-electron chi connectivity index (χ3n) is 8.21. The van der Waals surface area contributed by atoms with Crippen LogP contribution in [-0.2, 0) is 4.79 Å². The summed E-state index contributed by atoms with van der Waals surface area (Å²) in [6.07, 6.45) is 4.17. The second-order valence-electron chi connectivity index (χ2n) is 10.3. The number of nitro groups is 1. The highest BCUT2D eigenvalue weighted by Crippen LogP contribution is 2.48. The highest BCUT2D eigenvalue weighted by Gasteiger charge is 2.48. The van der Waals surface area contributed by atoms with Crippen molar-refractivity contribution in [3.63, 3.8) is 0 Å². The van der Waals surface area contributed by atoms with E-state index in [0.29, 0.717) is 31.7 Å². The number of thiophene rings is 1. The van der Waals surface area contributed by atoms with Gasteiger partial charge in [-0.15, -0.1) is 11.3 Å². The Kier molecular flexibility index (Phi) is 6.61. The Morgan fingerprint density at radius 3 is 2.29 bits per heavy atom. The third-order valence-corrected chi connectivity index (χ3v) is 9.15. The first kappa shape index (κ1) is 24.6. The first-order chi connectivity index (χ1) is 18.5. The molecule has 38 heavy (non-hydrogen) atoms. The predicted octanol–water partition coefficient (Wildman–Crippen LogP) is 5.23. The number of carbonyl (C=O) groups excluding carboxylic acids is 2. The Bertz CT molecular complexity index is 1330. The normalized spacial score (nSPS) is 22.0. The van der Waals surface area contributed by atoms with Gasteiger partial charge in [0.15, 0.2) is 0 Å². The van der Waals surface area contributed by atoms with E-state index in [4.69, 9.17) is 0 Å². The van der Waals surface area contributed by atoms with Crippen molar-refractivity contribution in [2.24, 2.45) is 0 Å². The van der Waals surface area contributed by atoms with Crippen molar-refractivity contribution in [2.75, 3.05) is 31.1 Å². The molecule has 2 aromatic carbocycles. The van der Waals surface area contributed by atoms with E-state index in [1.165, 1.54) is 12.1 Å². The maximum Gasteiger partial charge on any atom is 0.269 e. The lowest BCUT2D eigenvalue weighted by Crippen LogP contribution is -2.54. The zero-order chi connectivity index (χ0) is 26.2. The van der Waals surface area contributed by atoms with Gasteiger partial charge in [-0.1, -0.05) is 37.1 Å². The van der Waals surface area contributed by atoms with Crippen molar-refractivity contribution in [1.82, 2.24) is 9.80 Å². The fourth-order valence-corrected chi connectivity index (χ4v) is 7.19. The minimum absolute atomic E-state index is 0.0398. The number of anilines is 1. The van der Waals surface area contributed by atoms with Gasteiger partial charge in [0.1, 0.15) is 0 Å². The largest absolute Gasteiger partial charge is 0.368 e. The van der Waals surface area contributed by atoms with Crippen LogP contribution in [0, 0.1) is 10.1 Å². The Balaban J connectivity index is 1.29. The molecule has 2 fully saturated rings. The van der Waals surface area contributed by atoms with Crippen molar-refractivity contribution in [2.45, 2.75) is 43.7 Å². The van der Waals surface area contributed by atoms with E-state index in [-0.39, 0.29) is 29.6 Å². The third kappa shape index (κ3) is 4.34. The van der Waals surface area contributed by atoms with Crippen LogP contribution in [0.4, 0.5) is 11.4 Å². The molecule has 0 spiro atoms. The van der Waals surface area contributed by atoms with E-state index < -0.39 is 10.8 Å². The maximum atomic E-state index is 14.4. The molecule has 0 bridgehead atoms. The van der Waals surface area contributed by atoms with Crippen molar-refractivity contribution in [3.8, 4) is 0 Å². The minimum atomic E-state index is -0.450. The second-order valence-corrected chi connectivity index (χ2v) is 11.2. The zero-order valence-corrected chi connectivity index (χ0v) is 21.9. The topological polar surface area (TPSA) is 87.0 Å². The minimum Gasteiger partial charge on any atom is -0.368 e. The van der Waals surface area contributed by atoms with E-state index in [9.17, 15) is 19.7 Å². The molecular weight excluding hydrogens is 500 g/mol. The molecule has 2 aliphatic heterocycles. The highest BCUT2D eigenvalue weighted by atomic mass is 32.1. The Morgan fingerprint density at radius 2 is 1.63 bits per heavy atom. The summed E-state index contributed by atoms with van der Waals surface area (Å²) >= 11 is 1.62. The standard InChI is InChI=1S/C29H30N4O4S/c34-28-24-9-4-3-8-23(24)26(27(25-10-5-19-38-25)32(28)21-6-1-2-7-21)29(35)31-17-15-30(16-18-31)20-11-13-22(14-12-20)33(36)37/h3-5,8-14,19,21,26-27H,1-2,6-7,15-18H2/t26-,27-/m1/s1. The van der Waals surface area contributed by atoms with Gasteiger partial charge in [-0.3, -0.25) is 19.7 Å². The number of hydrogen-bond acceptors (Lipinski definition) is 6. The fraction of sp³-hybridized carbons (Fsp3) is 0.379. The molecule has 0 radical (unpaired) electrons. The van der Waals surface area contributed by atoms with E-state index in [1.54, 1.807) is 23.5 Å². The van der Waals surface area contributed by atoms with E-state index >= 15 is 0 Å². The van der Waals surface area contributed by atoms with E-state index in [2.05, 4.69) is 11.0 Å². The van der Waals surface area contributed by atoms with Crippen LogP contribution in [0.5, 0.6) is 0 Å². The summed E-state index contributed by atoms with van der Waals surface area (Å²) in [4.78, 5) is 46.0. The first-order valence-corrected chi connectivity index (χ1v) is 14.1. The van der Waals surface area contributed by atoms with Crippen LogP contribution in [-0.4, -0.2) is 58.8 Å². The van der Waals surface area contributed by atoms with Crippen LogP contribution in [0.2, 0.25) is 0 Å². The van der Waals surface area contributed by atoms with Gasteiger partial charge in [-0.25, -0.2) is 0 Å². The molecule has 9 heteroatoms. The van der Waals surface area contributed by atoms with Crippen LogP contribution >= 0.6 is 11.3 Å². The SMILES string of the molecule is O=C([C@@H]1c2ccccc2C(=O)N(C2CCCC2)[C@@H]1c1cccs1)N1CCN(c2ccc([N+](=O)[O-])cc2)CC1. The molecule has 3 heterocycles. The Morgan fingerprint density at radius 1 is 0.921 bits per heavy atom. The van der Waals surface area contributed by atoms with Gasteiger partial charge in [-0.05, 0) is 48.1 Å². The van der Waals surface area contributed by atoms with Gasteiger partial charge in [0.2, 0.25) is 5.91 Å². The number of rotatable bonds is 5. The highest BCUT2D eigenvalue weighted by molar-refractivity contribution is 7.10. The zero-order valence-electron chi connectivity index (χ0n) is 21.1. The van der Waals surface area contributed by atoms with Crippen LogP contribution in [0.1, 0.15) is 58.4 Å². The number of nitrogens with zero attached hydrogens (tertiary/aromatic N) is 4. The summed E-state index contributed by atoms with van der Waals surface area (Å²) in [6, 6.07) is 18.1. The molecule has 3 aromatic rings. The molecule has 2 amide bonds. The summed E-state index contributed by atoms with van der Waals surface area (Å²) in [5, 5.41) is 13.0. The number of hydrogen-bond donors (Lipinski definition) is 0. The van der Waals surface area contributed by atoms with Gasteiger partial charge < -0.3 is 14.7 Å². The number of benzene rings is 2. The van der Waals surface area contributed by atoms with E-state index in [0.717, 1.165) is 41.8 Å². The van der Waals surface area contributed by atoms with Crippen molar-refractivity contribution >= 4 is 34.5 Å². The predicted molar refractivity (Wildman–Crippen MR) is 147 cm³/mol. The molecule has 0 unspecified atom stereocenters. The average molecular weight is 531 g/mol. The summed E-state index contributed by atoms with van der Waals surface area (Å²) < 4.78 is 0. The molecule has 1 aliphatic carbocycles. The summed E-state index contributed by atoms with van der Waals surface area (Å²) in [5.74, 6) is -0.346. The van der Waals surface area contributed by atoms with Crippen molar-refractivity contribution in [1.29, 1.82) is 0 Å². The molecule has 2 atom stereocenters.